The molecule has 9 nitrogen and oxygen atoms in total. The summed E-state index contributed by atoms with van der Waals surface area (Å²) in [5, 5.41) is 14.1. The molecule has 0 atom stereocenters. The molecule has 0 bridgehead atoms. The van der Waals surface area contributed by atoms with E-state index in [1.807, 2.05) is 0 Å². The first-order valence-corrected chi connectivity index (χ1v) is 10.2. The van der Waals surface area contributed by atoms with Crippen molar-refractivity contribution in [2.24, 2.45) is 0 Å². The zero-order valence-corrected chi connectivity index (χ0v) is 16.0. The Bertz CT molecular complexity index is 1230. The van der Waals surface area contributed by atoms with E-state index >= 15 is 0 Å². The number of nitrogens with zero attached hydrogens (tertiary/aromatic N) is 6. The summed E-state index contributed by atoms with van der Waals surface area (Å²) in [7, 11) is -4.23. The average Bonchev–Trinajstić information content (AvgIpc) is 3.23. The molecule has 0 saturated heterocycles. The monoisotopic (exact) mass is 466 g/mol. The Morgan fingerprint density at radius 2 is 1.16 bits per heavy atom. The molecule has 0 amide bonds. The first-order chi connectivity index (χ1) is 14.3. The largest absolute Gasteiger partial charge is 0.467 e. The van der Waals surface area contributed by atoms with Gasteiger partial charge in [-0.05, 0) is 46.8 Å². The van der Waals surface area contributed by atoms with Crippen molar-refractivity contribution in [3.8, 4) is 0 Å². The van der Waals surface area contributed by atoms with Crippen LogP contribution in [0.25, 0.3) is 22.1 Å². The fraction of sp³-hybridized carbons (Fsp3) is 0.200. The summed E-state index contributed by atoms with van der Waals surface area (Å²) in [5.74, 6) is 0. The minimum atomic E-state index is -4.66. The molecule has 0 radical (unpaired) electrons. The lowest BCUT2D eigenvalue weighted by molar-refractivity contribution is -0.138. The van der Waals surface area contributed by atoms with Crippen LogP contribution in [-0.4, -0.2) is 37.0 Å². The van der Waals surface area contributed by atoms with Crippen molar-refractivity contribution >= 4 is 29.7 Å². The third kappa shape index (κ3) is 4.13. The molecular formula is C15H9F6N6O3P. The molecule has 4 rings (SSSR count). The summed E-state index contributed by atoms with van der Waals surface area (Å²) < 4.78 is 100. The standard InChI is InChI=1S/C15H9F6N6O3P/c1-31(28,29-26-12-6-8(14(16,17)18)2-4-10(12)22-24-26)30-27-13-7-9(15(19,20)21)3-5-11(13)23-25-27/h2-7H,1H3. The topological polar surface area (TPSA) is 97.0 Å². The van der Waals surface area contributed by atoms with Crippen LogP contribution in [-0.2, 0) is 16.9 Å². The molecule has 16 heteroatoms. The van der Waals surface area contributed by atoms with Gasteiger partial charge in [-0.25, -0.2) is 4.57 Å². The van der Waals surface area contributed by atoms with Gasteiger partial charge < -0.3 is 9.25 Å². The molecule has 0 aliphatic rings. The highest BCUT2D eigenvalue weighted by Gasteiger charge is 2.33. The van der Waals surface area contributed by atoms with Crippen molar-refractivity contribution in [3.63, 3.8) is 0 Å². The van der Waals surface area contributed by atoms with E-state index in [9.17, 15) is 30.9 Å². The maximum Gasteiger partial charge on any atom is 0.467 e. The van der Waals surface area contributed by atoms with E-state index < -0.39 is 31.1 Å². The Morgan fingerprint density at radius 3 is 1.52 bits per heavy atom. The van der Waals surface area contributed by atoms with Gasteiger partial charge in [0, 0.05) is 0 Å². The molecule has 31 heavy (non-hydrogen) atoms. The fourth-order valence-corrected chi connectivity index (χ4v) is 3.40. The van der Waals surface area contributed by atoms with Crippen LogP contribution in [0.4, 0.5) is 26.3 Å². The molecule has 2 heterocycles. The van der Waals surface area contributed by atoms with Crippen LogP contribution in [0.1, 0.15) is 11.1 Å². The van der Waals surface area contributed by atoms with Gasteiger partial charge in [-0.3, -0.25) is 0 Å². The van der Waals surface area contributed by atoms with Gasteiger partial charge in [-0.15, -0.1) is 10.2 Å². The Balaban J connectivity index is 1.65. The third-order valence-electron chi connectivity index (χ3n) is 3.94. The Labute approximate surface area is 167 Å². The molecule has 164 valence electrons. The fourth-order valence-electron chi connectivity index (χ4n) is 2.57. The molecule has 0 fully saturated rings. The van der Waals surface area contributed by atoms with Gasteiger partial charge in [-0.2, -0.15) is 26.3 Å². The Morgan fingerprint density at radius 1 is 0.774 bits per heavy atom. The highest BCUT2D eigenvalue weighted by molar-refractivity contribution is 7.53. The summed E-state index contributed by atoms with van der Waals surface area (Å²) in [6.07, 6.45) is -9.32. The van der Waals surface area contributed by atoms with E-state index in [4.69, 9.17) is 9.25 Å². The number of hydrogen-bond acceptors (Lipinski definition) is 7. The minimum absolute atomic E-state index is 0.00836. The number of rotatable bonds is 4. The molecular weight excluding hydrogens is 457 g/mol. The molecule has 4 aromatic rings. The molecule has 0 aliphatic heterocycles. The third-order valence-corrected chi connectivity index (χ3v) is 4.84. The number of hydrogen-bond donors (Lipinski definition) is 0. The second-order valence-corrected chi connectivity index (χ2v) is 8.13. The number of halogens is 6. The van der Waals surface area contributed by atoms with Crippen LogP contribution in [0.15, 0.2) is 36.4 Å². The van der Waals surface area contributed by atoms with Crippen LogP contribution in [0.2, 0.25) is 0 Å². The maximum absolute atomic E-state index is 12.9. The molecule has 2 aromatic carbocycles. The Kier molecular flexibility index (Phi) is 4.61. The van der Waals surface area contributed by atoms with Crippen molar-refractivity contribution < 1.29 is 40.2 Å². The molecule has 0 unspecified atom stereocenters. The van der Waals surface area contributed by atoms with Gasteiger partial charge in [-0.1, -0.05) is 9.69 Å². The Hall–Kier alpha value is -3.35. The average molecular weight is 466 g/mol. The molecule has 0 saturated carbocycles. The highest BCUT2D eigenvalue weighted by atomic mass is 31.2. The summed E-state index contributed by atoms with van der Waals surface area (Å²) >= 11 is 0. The van der Waals surface area contributed by atoms with Crippen molar-refractivity contribution in [2.75, 3.05) is 6.66 Å². The van der Waals surface area contributed by atoms with Crippen molar-refractivity contribution in [1.29, 1.82) is 0 Å². The second kappa shape index (κ2) is 6.83. The number of fused-ring (bicyclic) bond motifs is 2. The van der Waals surface area contributed by atoms with Crippen LogP contribution in [0, 0.1) is 0 Å². The molecule has 0 spiro atoms. The van der Waals surface area contributed by atoms with Gasteiger partial charge in [0.25, 0.3) is 0 Å². The van der Waals surface area contributed by atoms with Crippen LogP contribution < -0.4 is 9.25 Å². The number of alkyl halides is 6. The van der Waals surface area contributed by atoms with E-state index in [0.29, 0.717) is 21.8 Å². The first kappa shape index (κ1) is 20.9. The van der Waals surface area contributed by atoms with Gasteiger partial charge in [0.05, 0.1) is 17.8 Å². The normalized spacial score (nSPS) is 13.1. The van der Waals surface area contributed by atoms with Gasteiger partial charge in [0.15, 0.2) is 0 Å². The van der Waals surface area contributed by atoms with Gasteiger partial charge >= 0.3 is 19.9 Å². The maximum atomic E-state index is 12.9. The quantitative estimate of drug-likeness (QED) is 0.335. The summed E-state index contributed by atoms with van der Waals surface area (Å²) in [6, 6.07) is 4.99. The second-order valence-electron chi connectivity index (χ2n) is 6.26. The minimum Gasteiger partial charge on any atom is -0.302 e. The number of aromatic nitrogens is 6. The zero-order chi connectivity index (χ0) is 22.6. The van der Waals surface area contributed by atoms with Crippen LogP contribution in [0.5, 0.6) is 0 Å². The smallest absolute Gasteiger partial charge is 0.302 e. The van der Waals surface area contributed by atoms with E-state index in [2.05, 4.69) is 20.6 Å². The SMILES string of the molecule is CP(=O)(On1nnc2ccc(C(F)(F)F)cc21)On1nnc2ccc(C(F)(F)F)cc21. The van der Waals surface area contributed by atoms with Crippen molar-refractivity contribution in [1.82, 2.24) is 30.3 Å². The van der Waals surface area contributed by atoms with E-state index in [0.717, 1.165) is 30.9 Å². The first-order valence-electron chi connectivity index (χ1n) is 8.16. The van der Waals surface area contributed by atoms with E-state index in [1.54, 1.807) is 0 Å². The van der Waals surface area contributed by atoms with E-state index in [1.165, 1.54) is 0 Å². The van der Waals surface area contributed by atoms with Gasteiger partial charge in [0.1, 0.15) is 22.1 Å². The lowest BCUT2D eigenvalue weighted by Crippen LogP contribution is -2.19. The zero-order valence-electron chi connectivity index (χ0n) is 15.1. The molecule has 2 aromatic heterocycles. The van der Waals surface area contributed by atoms with E-state index in [-0.39, 0.29) is 22.1 Å². The lowest BCUT2D eigenvalue weighted by atomic mass is 10.2. The van der Waals surface area contributed by atoms with Crippen molar-refractivity contribution in [3.05, 3.63) is 47.5 Å². The summed E-state index contributed by atoms with van der Waals surface area (Å²) in [6.45, 7) is 0.912. The molecule has 0 aliphatic carbocycles. The summed E-state index contributed by atoms with van der Waals surface area (Å²) in [4.78, 5) is 0.928. The van der Waals surface area contributed by atoms with Gasteiger partial charge in [0.2, 0.25) is 0 Å². The number of benzene rings is 2. The lowest BCUT2D eigenvalue weighted by Gasteiger charge is -2.14. The molecule has 0 N–H and O–H groups in total. The highest BCUT2D eigenvalue weighted by Crippen LogP contribution is 2.38. The van der Waals surface area contributed by atoms with Crippen LogP contribution >= 0.6 is 7.60 Å². The predicted octanol–water partition coefficient (Wildman–Crippen LogP) is 3.59. The predicted molar refractivity (Wildman–Crippen MR) is 91.8 cm³/mol. The van der Waals surface area contributed by atoms with Crippen molar-refractivity contribution in [2.45, 2.75) is 12.4 Å². The summed E-state index contributed by atoms with van der Waals surface area (Å²) in [5.41, 5.74) is -2.56. The van der Waals surface area contributed by atoms with Crippen LogP contribution in [0.3, 0.4) is 0 Å².